The molecule has 0 unspecified atom stereocenters. The number of ether oxygens (including phenoxy) is 1. The Morgan fingerprint density at radius 3 is 2.53 bits per heavy atom. The van der Waals surface area contributed by atoms with Crippen LogP contribution < -0.4 is 4.74 Å². The lowest BCUT2D eigenvalue weighted by molar-refractivity contribution is 0.0693. The van der Waals surface area contributed by atoms with Crippen molar-refractivity contribution in [3.63, 3.8) is 0 Å². The monoisotopic (exact) mass is 257 g/mol. The normalized spacial score (nSPS) is 10.3. The molecule has 0 spiro atoms. The van der Waals surface area contributed by atoms with Gasteiger partial charge in [-0.15, -0.1) is 0 Å². The molecule has 19 heavy (non-hydrogen) atoms. The van der Waals surface area contributed by atoms with Crippen LogP contribution in [0.25, 0.3) is 0 Å². The summed E-state index contributed by atoms with van der Waals surface area (Å²) in [6, 6.07) is 7.38. The van der Waals surface area contributed by atoms with Gasteiger partial charge in [0.15, 0.2) is 0 Å². The third-order valence-electron chi connectivity index (χ3n) is 2.78. The molecule has 0 radical (unpaired) electrons. The molecule has 1 N–H and O–H groups in total. The largest absolute Gasteiger partial charge is 0.477 e. The highest BCUT2D eigenvalue weighted by Gasteiger charge is 2.13. The maximum absolute atomic E-state index is 11.1. The van der Waals surface area contributed by atoms with Gasteiger partial charge in [0.2, 0.25) is 0 Å². The maximum atomic E-state index is 11.1. The van der Waals surface area contributed by atoms with Crippen molar-refractivity contribution < 1.29 is 14.6 Å². The van der Waals surface area contributed by atoms with E-state index >= 15 is 0 Å². The van der Waals surface area contributed by atoms with E-state index in [0.29, 0.717) is 17.2 Å². The Balaban J connectivity index is 2.42. The third-order valence-corrected chi connectivity index (χ3v) is 2.78. The maximum Gasteiger partial charge on any atom is 0.341 e. The minimum absolute atomic E-state index is 0.0607. The summed E-state index contributed by atoms with van der Waals surface area (Å²) in [6.45, 7) is 5.72. The van der Waals surface area contributed by atoms with Crippen molar-refractivity contribution in [2.45, 2.75) is 20.8 Å². The van der Waals surface area contributed by atoms with E-state index < -0.39 is 5.97 Å². The molecule has 0 saturated heterocycles. The fraction of sp³-hybridized carbons (Fsp3) is 0.200. The number of benzene rings is 1. The first-order valence-corrected chi connectivity index (χ1v) is 5.92. The molecule has 0 bridgehead atoms. The van der Waals surface area contributed by atoms with E-state index in [1.165, 1.54) is 6.20 Å². The van der Waals surface area contributed by atoms with E-state index in [1.54, 1.807) is 13.0 Å². The lowest BCUT2D eigenvalue weighted by Crippen LogP contribution is -2.02. The highest BCUT2D eigenvalue weighted by molar-refractivity contribution is 5.90. The topological polar surface area (TPSA) is 59.4 Å². The number of rotatable bonds is 3. The Morgan fingerprint density at radius 2 is 1.89 bits per heavy atom. The molecule has 0 amide bonds. The van der Waals surface area contributed by atoms with Gasteiger partial charge in [0.25, 0.3) is 0 Å². The number of aromatic nitrogens is 1. The van der Waals surface area contributed by atoms with Crippen molar-refractivity contribution in [1.29, 1.82) is 0 Å². The van der Waals surface area contributed by atoms with Gasteiger partial charge in [0.05, 0.1) is 0 Å². The van der Waals surface area contributed by atoms with Crippen LogP contribution >= 0.6 is 0 Å². The Hall–Kier alpha value is -2.36. The lowest BCUT2D eigenvalue weighted by atomic mass is 10.1. The second-order valence-corrected chi connectivity index (χ2v) is 4.50. The summed E-state index contributed by atoms with van der Waals surface area (Å²) >= 11 is 0. The van der Waals surface area contributed by atoms with Gasteiger partial charge >= 0.3 is 5.97 Å². The van der Waals surface area contributed by atoms with Gasteiger partial charge in [-0.3, -0.25) is 4.98 Å². The van der Waals surface area contributed by atoms with E-state index in [0.717, 1.165) is 11.1 Å². The van der Waals surface area contributed by atoms with Crippen LogP contribution in [0.4, 0.5) is 0 Å². The van der Waals surface area contributed by atoms with Crippen LogP contribution in [-0.2, 0) is 0 Å². The molecular weight excluding hydrogens is 242 g/mol. The first-order chi connectivity index (χ1) is 8.97. The highest BCUT2D eigenvalue weighted by Crippen LogP contribution is 2.28. The molecule has 2 rings (SSSR count). The van der Waals surface area contributed by atoms with E-state index in [1.807, 2.05) is 32.0 Å². The van der Waals surface area contributed by atoms with Crippen LogP contribution in [0.2, 0.25) is 0 Å². The number of aromatic carboxylic acids is 1. The first kappa shape index (κ1) is 13.1. The predicted molar refractivity (Wildman–Crippen MR) is 71.9 cm³/mol. The van der Waals surface area contributed by atoms with Crippen molar-refractivity contribution >= 4 is 5.97 Å². The summed E-state index contributed by atoms with van der Waals surface area (Å²) in [4.78, 5) is 15.1. The van der Waals surface area contributed by atoms with Crippen LogP contribution in [-0.4, -0.2) is 16.1 Å². The van der Waals surface area contributed by atoms with Gasteiger partial charge in [-0.1, -0.05) is 17.7 Å². The highest BCUT2D eigenvalue weighted by atomic mass is 16.5. The Labute approximate surface area is 111 Å². The molecular formula is C15H15NO3. The van der Waals surface area contributed by atoms with Crippen molar-refractivity contribution in [3.8, 4) is 11.5 Å². The second-order valence-electron chi connectivity index (χ2n) is 4.50. The molecule has 0 atom stereocenters. The number of hydrogen-bond acceptors (Lipinski definition) is 3. The van der Waals surface area contributed by atoms with Crippen molar-refractivity contribution in [3.05, 3.63) is 52.8 Å². The van der Waals surface area contributed by atoms with Crippen molar-refractivity contribution in [1.82, 2.24) is 4.98 Å². The summed E-state index contributed by atoms with van der Waals surface area (Å²) in [5, 5.41) is 9.13. The van der Waals surface area contributed by atoms with Crippen molar-refractivity contribution in [2.24, 2.45) is 0 Å². The molecule has 1 heterocycles. The standard InChI is InChI=1S/C15H15NO3/c1-9-4-5-13(10(2)6-9)19-14-7-11(3)16-8-12(14)15(17)18/h4-8H,1-3H3,(H,17,18). The van der Waals surface area contributed by atoms with Crippen LogP contribution in [0, 0.1) is 20.8 Å². The lowest BCUT2D eigenvalue weighted by Gasteiger charge is -2.11. The smallest absolute Gasteiger partial charge is 0.341 e. The van der Waals surface area contributed by atoms with E-state index in [4.69, 9.17) is 9.84 Å². The van der Waals surface area contributed by atoms with E-state index in [9.17, 15) is 4.79 Å². The molecule has 4 nitrogen and oxygen atoms in total. The molecule has 0 fully saturated rings. The van der Waals surface area contributed by atoms with E-state index in [-0.39, 0.29) is 5.56 Å². The molecule has 1 aromatic heterocycles. The Morgan fingerprint density at radius 1 is 1.16 bits per heavy atom. The number of carbonyl (C=O) groups is 1. The second kappa shape index (κ2) is 5.10. The minimum atomic E-state index is -1.05. The fourth-order valence-corrected chi connectivity index (χ4v) is 1.81. The van der Waals surface area contributed by atoms with Crippen LogP contribution in [0.3, 0.4) is 0 Å². The Bertz CT molecular complexity index is 635. The number of aryl methyl sites for hydroxylation is 3. The minimum Gasteiger partial charge on any atom is -0.477 e. The van der Waals surface area contributed by atoms with Crippen LogP contribution in [0.5, 0.6) is 11.5 Å². The number of carboxylic acid groups (broad SMARTS) is 1. The van der Waals surface area contributed by atoms with Gasteiger partial charge in [-0.05, 0) is 32.4 Å². The van der Waals surface area contributed by atoms with Crippen LogP contribution in [0.1, 0.15) is 27.2 Å². The number of nitrogens with zero attached hydrogens (tertiary/aromatic N) is 1. The molecule has 0 aliphatic heterocycles. The predicted octanol–water partition coefficient (Wildman–Crippen LogP) is 3.50. The summed E-state index contributed by atoms with van der Waals surface area (Å²) < 4.78 is 5.72. The van der Waals surface area contributed by atoms with Gasteiger partial charge < -0.3 is 9.84 Å². The summed E-state index contributed by atoms with van der Waals surface area (Å²) in [5.41, 5.74) is 2.87. The summed E-state index contributed by atoms with van der Waals surface area (Å²) in [5.74, 6) is -0.0853. The molecule has 98 valence electrons. The quantitative estimate of drug-likeness (QED) is 0.914. The molecule has 0 aliphatic carbocycles. The number of hydrogen-bond donors (Lipinski definition) is 1. The van der Waals surface area contributed by atoms with Gasteiger partial charge in [-0.2, -0.15) is 0 Å². The Kier molecular flexibility index (Phi) is 3.51. The molecule has 0 saturated carbocycles. The van der Waals surface area contributed by atoms with E-state index in [2.05, 4.69) is 4.98 Å². The summed E-state index contributed by atoms with van der Waals surface area (Å²) in [6.07, 6.45) is 1.32. The zero-order valence-electron chi connectivity index (χ0n) is 11.1. The van der Waals surface area contributed by atoms with Crippen LogP contribution in [0.15, 0.2) is 30.5 Å². The molecule has 1 aromatic carbocycles. The number of carboxylic acids is 1. The van der Waals surface area contributed by atoms with Crippen molar-refractivity contribution in [2.75, 3.05) is 0 Å². The zero-order valence-corrected chi connectivity index (χ0v) is 11.1. The molecule has 4 heteroatoms. The average molecular weight is 257 g/mol. The third kappa shape index (κ3) is 2.91. The van der Waals surface area contributed by atoms with Gasteiger partial charge in [0, 0.05) is 18.0 Å². The molecule has 0 aliphatic rings. The fourth-order valence-electron chi connectivity index (χ4n) is 1.81. The molecule has 2 aromatic rings. The average Bonchev–Trinajstić information content (AvgIpc) is 2.32. The van der Waals surface area contributed by atoms with Gasteiger partial charge in [0.1, 0.15) is 17.1 Å². The SMILES string of the molecule is Cc1ccc(Oc2cc(C)ncc2C(=O)O)c(C)c1. The van der Waals surface area contributed by atoms with Gasteiger partial charge in [-0.25, -0.2) is 4.79 Å². The first-order valence-electron chi connectivity index (χ1n) is 5.92. The number of pyridine rings is 1. The zero-order chi connectivity index (χ0) is 14.0. The summed E-state index contributed by atoms with van der Waals surface area (Å²) in [7, 11) is 0.